The van der Waals surface area contributed by atoms with Crippen molar-refractivity contribution in [2.45, 2.75) is 40.7 Å². The van der Waals surface area contributed by atoms with E-state index in [9.17, 15) is 14.7 Å². The molecule has 3 aromatic rings. The van der Waals surface area contributed by atoms with Gasteiger partial charge in [0.2, 0.25) is 0 Å². The Morgan fingerprint density at radius 2 is 1.58 bits per heavy atom. The van der Waals surface area contributed by atoms with E-state index in [1.807, 2.05) is 71.0 Å². The first-order chi connectivity index (χ1) is 17.2. The largest absolute Gasteiger partial charge is 0.507 e. The summed E-state index contributed by atoms with van der Waals surface area (Å²) in [6.45, 7) is 9.95. The number of hydrogen-bond donors (Lipinski definition) is 1. The van der Waals surface area contributed by atoms with Gasteiger partial charge in [-0.2, -0.15) is 0 Å². The van der Waals surface area contributed by atoms with E-state index in [-0.39, 0.29) is 11.3 Å². The van der Waals surface area contributed by atoms with Gasteiger partial charge in [0, 0.05) is 11.3 Å². The fourth-order valence-electron chi connectivity index (χ4n) is 4.77. The molecular formula is C30H31NO5. The number of carbonyl (C=O) groups is 2. The van der Waals surface area contributed by atoms with E-state index < -0.39 is 17.7 Å². The number of Topliss-reactive ketones (excluding diaryl/α,β-unsaturated/α-hetero) is 1. The van der Waals surface area contributed by atoms with E-state index in [4.69, 9.17) is 9.47 Å². The Balaban J connectivity index is 2.02. The monoisotopic (exact) mass is 485 g/mol. The van der Waals surface area contributed by atoms with Crippen molar-refractivity contribution < 1.29 is 24.2 Å². The number of anilines is 1. The maximum Gasteiger partial charge on any atom is 0.300 e. The number of benzene rings is 3. The minimum Gasteiger partial charge on any atom is -0.507 e. The van der Waals surface area contributed by atoms with E-state index in [1.54, 1.807) is 25.3 Å². The number of aliphatic hydroxyl groups is 1. The second-order valence-corrected chi connectivity index (χ2v) is 9.18. The molecule has 1 atom stereocenters. The molecule has 36 heavy (non-hydrogen) atoms. The third-order valence-corrected chi connectivity index (χ3v) is 6.38. The van der Waals surface area contributed by atoms with Gasteiger partial charge in [-0.1, -0.05) is 29.8 Å². The maximum absolute atomic E-state index is 13.5. The molecule has 1 amide bonds. The summed E-state index contributed by atoms with van der Waals surface area (Å²) in [6.07, 6.45) is 0. The van der Waals surface area contributed by atoms with E-state index >= 15 is 0 Å². The Morgan fingerprint density at radius 3 is 2.22 bits per heavy atom. The Bertz CT molecular complexity index is 1370. The molecule has 1 N–H and O–H groups in total. The normalized spacial score (nSPS) is 16.9. The number of aliphatic hydroxyl groups excluding tert-OH is 1. The van der Waals surface area contributed by atoms with Crippen LogP contribution in [0.1, 0.15) is 46.3 Å². The Hall–Kier alpha value is -4.06. The van der Waals surface area contributed by atoms with Crippen molar-refractivity contribution >= 4 is 23.1 Å². The summed E-state index contributed by atoms with van der Waals surface area (Å²) in [7, 11) is 1.56. The van der Waals surface area contributed by atoms with Crippen LogP contribution < -0.4 is 14.4 Å². The first-order valence-electron chi connectivity index (χ1n) is 11.9. The lowest BCUT2D eigenvalue weighted by Crippen LogP contribution is -2.29. The minimum absolute atomic E-state index is 0.0421. The molecule has 0 aliphatic carbocycles. The lowest BCUT2D eigenvalue weighted by atomic mass is 9.93. The van der Waals surface area contributed by atoms with Crippen LogP contribution in [-0.4, -0.2) is 30.5 Å². The van der Waals surface area contributed by atoms with Crippen molar-refractivity contribution in [2.24, 2.45) is 0 Å². The Labute approximate surface area is 211 Å². The highest BCUT2D eigenvalue weighted by atomic mass is 16.5. The van der Waals surface area contributed by atoms with Gasteiger partial charge in [0.25, 0.3) is 11.7 Å². The smallest absolute Gasteiger partial charge is 0.300 e. The number of carbonyl (C=O) groups excluding carboxylic acids is 2. The fraction of sp³-hybridized carbons (Fsp3) is 0.267. The summed E-state index contributed by atoms with van der Waals surface area (Å²) in [5, 5.41) is 11.5. The average Bonchev–Trinajstić information content (AvgIpc) is 3.10. The molecule has 1 aliphatic heterocycles. The highest BCUT2D eigenvalue weighted by Crippen LogP contribution is 2.44. The van der Waals surface area contributed by atoms with Crippen LogP contribution >= 0.6 is 0 Å². The molecule has 0 saturated carbocycles. The number of ketones is 1. The second-order valence-electron chi connectivity index (χ2n) is 9.18. The van der Waals surface area contributed by atoms with Gasteiger partial charge in [-0.15, -0.1) is 0 Å². The average molecular weight is 486 g/mol. The predicted molar refractivity (Wildman–Crippen MR) is 141 cm³/mol. The van der Waals surface area contributed by atoms with Crippen molar-refractivity contribution in [1.82, 2.24) is 0 Å². The highest BCUT2D eigenvalue weighted by molar-refractivity contribution is 6.51. The van der Waals surface area contributed by atoms with Gasteiger partial charge in [-0.3, -0.25) is 14.5 Å². The lowest BCUT2D eigenvalue weighted by molar-refractivity contribution is -0.132. The lowest BCUT2D eigenvalue weighted by Gasteiger charge is -2.27. The van der Waals surface area contributed by atoms with Gasteiger partial charge in [0.05, 0.1) is 25.3 Å². The molecule has 6 nitrogen and oxygen atoms in total. The van der Waals surface area contributed by atoms with Crippen LogP contribution in [0.3, 0.4) is 0 Å². The summed E-state index contributed by atoms with van der Waals surface area (Å²) >= 11 is 0. The zero-order valence-electron chi connectivity index (χ0n) is 21.5. The van der Waals surface area contributed by atoms with Crippen molar-refractivity contribution in [3.8, 4) is 11.5 Å². The van der Waals surface area contributed by atoms with E-state index in [2.05, 4.69) is 0 Å². The number of nitrogens with zero attached hydrogens (tertiary/aromatic N) is 1. The zero-order valence-corrected chi connectivity index (χ0v) is 21.5. The van der Waals surface area contributed by atoms with Crippen LogP contribution in [0.2, 0.25) is 0 Å². The first kappa shape index (κ1) is 25.0. The van der Waals surface area contributed by atoms with Crippen molar-refractivity contribution in [3.05, 3.63) is 93.6 Å². The van der Waals surface area contributed by atoms with Crippen molar-refractivity contribution in [2.75, 3.05) is 18.6 Å². The molecule has 0 spiro atoms. The summed E-state index contributed by atoms with van der Waals surface area (Å²) < 4.78 is 11.2. The molecule has 1 unspecified atom stereocenters. The molecule has 0 radical (unpaired) electrons. The summed E-state index contributed by atoms with van der Waals surface area (Å²) in [5.41, 5.74) is 5.45. The third kappa shape index (κ3) is 4.47. The number of aryl methyl sites for hydroxylation is 4. The van der Waals surface area contributed by atoms with Gasteiger partial charge in [-0.25, -0.2) is 0 Å². The molecule has 4 rings (SSSR count). The first-order valence-corrected chi connectivity index (χ1v) is 11.9. The number of hydrogen-bond acceptors (Lipinski definition) is 5. The van der Waals surface area contributed by atoms with Crippen LogP contribution in [0.15, 0.2) is 60.2 Å². The molecule has 1 aliphatic rings. The van der Waals surface area contributed by atoms with Gasteiger partial charge in [-0.05, 0) is 87.2 Å². The van der Waals surface area contributed by atoms with E-state index in [1.165, 1.54) is 4.90 Å². The van der Waals surface area contributed by atoms with Gasteiger partial charge in [0.15, 0.2) is 11.5 Å². The van der Waals surface area contributed by atoms with E-state index in [0.29, 0.717) is 34.9 Å². The molecule has 1 heterocycles. The van der Waals surface area contributed by atoms with E-state index in [0.717, 1.165) is 22.3 Å². The minimum atomic E-state index is -0.851. The van der Waals surface area contributed by atoms with Crippen LogP contribution in [0, 0.1) is 27.7 Å². The fourth-order valence-corrected chi connectivity index (χ4v) is 4.77. The number of amides is 1. The standard InChI is InChI=1S/C30H31NO5/c1-7-36-25-16-21(10-11-24(25)35-6)27-26(28(32)23-15-17(2)8-9-20(23)5)29(33)30(34)31(27)22-13-18(3)12-19(4)14-22/h8-16,27,32H,7H2,1-6H3/b28-26+. The van der Waals surface area contributed by atoms with Crippen molar-refractivity contribution in [1.29, 1.82) is 0 Å². The maximum atomic E-state index is 13.5. The Morgan fingerprint density at radius 1 is 0.889 bits per heavy atom. The number of rotatable bonds is 6. The van der Waals surface area contributed by atoms with Crippen molar-refractivity contribution in [3.63, 3.8) is 0 Å². The summed E-state index contributed by atoms with van der Waals surface area (Å²) in [6, 6.07) is 15.9. The van der Waals surface area contributed by atoms with Crippen LogP contribution in [0.4, 0.5) is 5.69 Å². The topological polar surface area (TPSA) is 76.1 Å². The van der Waals surface area contributed by atoms with Crippen LogP contribution in [0.25, 0.3) is 5.76 Å². The molecule has 0 aromatic heterocycles. The Kier molecular flexibility index (Phi) is 6.88. The summed E-state index contributed by atoms with van der Waals surface area (Å²) in [4.78, 5) is 28.5. The molecule has 186 valence electrons. The van der Waals surface area contributed by atoms with Gasteiger partial charge in [0.1, 0.15) is 5.76 Å². The van der Waals surface area contributed by atoms with Gasteiger partial charge >= 0.3 is 0 Å². The molecule has 3 aromatic carbocycles. The number of methoxy groups -OCH3 is 1. The highest BCUT2D eigenvalue weighted by Gasteiger charge is 2.47. The molecule has 1 fully saturated rings. The molecular weight excluding hydrogens is 454 g/mol. The third-order valence-electron chi connectivity index (χ3n) is 6.38. The SMILES string of the molecule is CCOc1cc(C2/C(=C(\O)c3cc(C)ccc3C)C(=O)C(=O)N2c2cc(C)cc(C)c2)ccc1OC. The van der Waals surface area contributed by atoms with Gasteiger partial charge < -0.3 is 14.6 Å². The van der Waals surface area contributed by atoms with Crippen LogP contribution in [-0.2, 0) is 9.59 Å². The molecule has 6 heteroatoms. The summed E-state index contributed by atoms with van der Waals surface area (Å²) in [5.74, 6) is -0.578. The quantitative estimate of drug-likeness (QED) is 0.265. The second kappa shape index (κ2) is 9.90. The zero-order chi connectivity index (χ0) is 26.1. The predicted octanol–water partition coefficient (Wildman–Crippen LogP) is 5.95. The number of ether oxygens (including phenoxy) is 2. The van der Waals surface area contributed by atoms with Crippen LogP contribution in [0.5, 0.6) is 11.5 Å². The molecule has 1 saturated heterocycles. The molecule has 0 bridgehead atoms.